The molecule has 2 aromatic rings. The zero-order chi connectivity index (χ0) is 12.5. The van der Waals surface area contributed by atoms with Crippen molar-refractivity contribution in [2.24, 2.45) is 5.92 Å². The van der Waals surface area contributed by atoms with Crippen LogP contribution in [0.2, 0.25) is 5.02 Å². The average molecular weight is 258 g/mol. The minimum absolute atomic E-state index is 0.576. The molecule has 1 aromatic carbocycles. The van der Waals surface area contributed by atoms with Gasteiger partial charge in [0.05, 0.1) is 17.8 Å². The lowest BCUT2D eigenvalue weighted by molar-refractivity contribution is 0.563. The van der Waals surface area contributed by atoms with Gasteiger partial charge in [-0.3, -0.25) is 4.68 Å². The van der Waals surface area contributed by atoms with Crippen molar-refractivity contribution in [3.63, 3.8) is 0 Å². The lowest BCUT2D eigenvalue weighted by Gasteiger charge is -2.00. The van der Waals surface area contributed by atoms with E-state index < -0.39 is 0 Å². The van der Waals surface area contributed by atoms with Gasteiger partial charge in [-0.05, 0) is 42.5 Å². The lowest BCUT2D eigenvalue weighted by Crippen LogP contribution is -1.98. The molecule has 0 spiro atoms. The second-order valence-electron chi connectivity index (χ2n) is 4.73. The highest BCUT2D eigenvalue weighted by molar-refractivity contribution is 6.31. The molecule has 0 radical (unpaired) electrons. The second-order valence-corrected chi connectivity index (χ2v) is 5.17. The van der Waals surface area contributed by atoms with E-state index in [2.05, 4.69) is 11.2 Å². The summed E-state index contributed by atoms with van der Waals surface area (Å²) in [6, 6.07) is 7.48. The van der Waals surface area contributed by atoms with Crippen LogP contribution in [0.3, 0.4) is 0 Å². The molecule has 0 bridgehead atoms. The molecular weight excluding hydrogens is 246 g/mol. The predicted molar refractivity (Wildman–Crippen MR) is 70.1 cm³/mol. The molecule has 1 aromatic heterocycles. The molecule has 1 aliphatic rings. The van der Waals surface area contributed by atoms with Crippen molar-refractivity contribution in [3.8, 4) is 17.2 Å². The first kappa shape index (κ1) is 11.3. The van der Waals surface area contributed by atoms with Crippen LogP contribution >= 0.6 is 11.6 Å². The van der Waals surface area contributed by atoms with E-state index in [1.54, 1.807) is 6.07 Å². The van der Waals surface area contributed by atoms with Crippen LogP contribution in [-0.4, -0.2) is 9.78 Å². The van der Waals surface area contributed by atoms with Crippen LogP contribution < -0.4 is 0 Å². The Bertz CT molecular complexity index is 620. The number of nitriles is 1. The van der Waals surface area contributed by atoms with Gasteiger partial charge in [0.25, 0.3) is 0 Å². The molecule has 0 saturated heterocycles. The maximum atomic E-state index is 8.94. The van der Waals surface area contributed by atoms with Crippen molar-refractivity contribution in [1.82, 2.24) is 9.78 Å². The Morgan fingerprint density at radius 2 is 2.17 bits per heavy atom. The van der Waals surface area contributed by atoms with Gasteiger partial charge < -0.3 is 0 Å². The molecule has 3 rings (SSSR count). The molecule has 0 atom stereocenters. The highest BCUT2D eigenvalue weighted by Crippen LogP contribution is 2.31. The van der Waals surface area contributed by atoms with Crippen molar-refractivity contribution in [2.45, 2.75) is 19.4 Å². The van der Waals surface area contributed by atoms with Gasteiger partial charge in [0.15, 0.2) is 0 Å². The third kappa shape index (κ3) is 2.39. The summed E-state index contributed by atoms with van der Waals surface area (Å²) in [5.74, 6) is 0.798. The summed E-state index contributed by atoms with van der Waals surface area (Å²) in [6.07, 6.45) is 6.47. The summed E-state index contributed by atoms with van der Waals surface area (Å²) >= 11 is 6.00. The van der Waals surface area contributed by atoms with Gasteiger partial charge in [0, 0.05) is 23.3 Å². The normalized spacial score (nSPS) is 14.4. The third-order valence-corrected chi connectivity index (χ3v) is 3.35. The molecule has 0 unspecified atom stereocenters. The van der Waals surface area contributed by atoms with Gasteiger partial charge in [0.2, 0.25) is 0 Å². The standard InChI is InChI=1S/C14H12ClN3/c15-14-4-11(6-16)3-12(5-14)13-7-17-18(9-13)8-10-1-2-10/h3-5,7,9-10H,1-2,8H2. The van der Waals surface area contributed by atoms with Gasteiger partial charge in [-0.25, -0.2) is 0 Å². The van der Waals surface area contributed by atoms with Crippen LogP contribution in [0, 0.1) is 17.2 Å². The van der Waals surface area contributed by atoms with Crippen LogP contribution in [0.1, 0.15) is 18.4 Å². The van der Waals surface area contributed by atoms with Crippen LogP contribution in [0.4, 0.5) is 0 Å². The molecular formula is C14H12ClN3. The quantitative estimate of drug-likeness (QED) is 0.845. The maximum absolute atomic E-state index is 8.94. The van der Waals surface area contributed by atoms with Gasteiger partial charge in [-0.15, -0.1) is 0 Å². The van der Waals surface area contributed by atoms with Crippen LogP contribution in [-0.2, 0) is 6.54 Å². The minimum Gasteiger partial charge on any atom is -0.272 e. The van der Waals surface area contributed by atoms with Gasteiger partial charge >= 0.3 is 0 Å². The van der Waals surface area contributed by atoms with E-state index in [-0.39, 0.29) is 0 Å². The first-order valence-corrected chi connectivity index (χ1v) is 6.36. The zero-order valence-electron chi connectivity index (χ0n) is 9.81. The Kier molecular flexibility index (Phi) is 2.81. The summed E-state index contributed by atoms with van der Waals surface area (Å²) in [6.45, 7) is 0.992. The Hall–Kier alpha value is -1.79. The molecule has 90 valence electrons. The topological polar surface area (TPSA) is 41.6 Å². The Labute approximate surface area is 111 Å². The lowest BCUT2D eigenvalue weighted by atomic mass is 10.1. The first-order valence-electron chi connectivity index (χ1n) is 5.98. The van der Waals surface area contributed by atoms with E-state index in [0.717, 1.165) is 23.6 Å². The molecule has 4 heteroatoms. The van der Waals surface area contributed by atoms with Crippen molar-refractivity contribution < 1.29 is 0 Å². The van der Waals surface area contributed by atoms with Crippen LogP contribution in [0.25, 0.3) is 11.1 Å². The Morgan fingerprint density at radius 3 is 2.89 bits per heavy atom. The fourth-order valence-electron chi connectivity index (χ4n) is 2.00. The third-order valence-electron chi connectivity index (χ3n) is 3.14. The Balaban J connectivity index is 1.91. The molecule has 1 aliphatic carbocycles. The summed E-state index contributed by atoms with van der Waals surface area (Å²) in [5.41, 5.74) is 2.53. The van der Waals surface area contributed by atoms with E-state index in [9.17, 15) is 0 Å². The number of halogens is 1. The first-order chi connectivity index (χ1) is 8.74. The summed E-state index contributed by atoms with van der Waals surface area (Å²) < 4.78 is 1.97. The molecule has 3 nitrogen and oxygen atoms in total. The molecule has 1 fully saturated rings. The Morgan fingerprint density at radius 1 is 1.33 bits per heavy atom. The SMILES string of the molecule is N#Cc1cc(Cl)cc(-c2cnn(CC3CC3)c2)c1. The fourth-order valence-corrected chi connectivity index (χ4v) is 2.23. The summed E-state index contributed by atoms with van der Waals surface area (Å²) in [4.78, 5) is 0. The van der Waals surface area contributed by atoms with Crippen molar-refractivity contribution in [1.29, 1.82) is 5.26 Å². The van der Waals surface area contributed by atoms with Gasteiger partial charge in [-0.1, -0.05) is 11.6 Å². The summed E-state index contributed by atoms with van der Waals surface area (Å²) in [7, 11) is 0. The fraction of sp³-hybridized carbons (Fsp3) is 0.286. The van der Waals surface area contributed by atoms with E-state index in [1.165, 1.54) is 12.8 Å². The van der Waals surface area contributed by atoms with Crippen molar-refractivity contribution in [3.05, 3.63) is 41.2 Å². The predicted octanol–water partition coefficient (Wildman–Crippen LogP) is 3.49. The van der Waals surface area contributed by atoms with Crippen LogP contribution in [0.15, 0.2) is 30.6 Å². The number of hydrogen-bond acceptors (Lipinski definition) is 2. The number of aromatic nitrogens is 2. The molecule has 1 saturated carbocycles. The van der Waals surface area contributed by atoms with Crippen molar-refractivity contribution >= 4 is 11.6 Å². The second kappa shape index (κ2) is 4.47. The maximum Gasteiger partial charge on any atom is 0.0992 e. The monoisotopic (exact) mass is 257 g/mol. The van der Waals surface area contributed by atoms with E-state index in [0.29, 0.717) is 10.6 Å². The van der Waals surface area contributed by atoms with Crippen LogP contribution in [0.5, 0.6) is 0 Å². The number of nitrogens with zero attached hydrogens (tertiary/aromatic N) is 3. The smallest absolute Gasteiger partial charge is 0.0992 e. The highest BCUT2D eigenvalue weighted by atomic mass is 35.5. The molecule has 0 amide bonds. The number of benzene rings is 1. The van der Waals surface area contributed by atoms with Gasteiger partial charge in [0.1, 0.15) is 0 Å². The summed E-state index contributed by atoms with van der Waals surface area (Å²) in [5, 5.41) is 13.9. The van der Waals surface area contributed by atoms with Gasteiger partial charge in [-0.2, -0.15) is 10.4 Å². The van der Waals surface area contributed by atoms with E-state index in [4.69, 9.17) is 16.9 Å². The largest absolute Gasteiger partial charge is 0.272 e. The molecule has 0 aliphatic heterocycles. The van der Waals surface area contributed by atoms with Crippen molar-refractivity contribution in [2.75, 3.05) is 0 Å². The highest BCUT2D eigenvalue weighted by Gasteiger charge is 2.22. The van der Waals surface area contributed by atoms with E-state index in [1.807, 2.05) is 29.2 Å². The molecule has 0 N–H and O–H groups in total. The molecule has 1 heterocycles. The number of hydrogen-bond donors (Lipinski definition) is 0. The minimum atomic E-state index is 0.576. The zero-order valence-corrected chi connectivity index (χ0v) is 10.6. The van der Waals surface area contributed by atoms with E-state index >= 15 is 0 Å². The average Bonchev–Trinajstić information content (AvgIpc) is 3.04. The molecule has 18 heavy (non-hydrogen) atoms. The number of rotatable bonds is 3.